The van der Waals surface area contributed by atoms with Crippen LogP contribution < -0.4 is 5.73 Å². The van der Waals surface area contributed by atoms with Crippen LogP contribution >= 0.6 is 22.9 Å². The normalized spacial score (nSPS) is 15.6. The molecule has 0 saturated heterocycles. The molecule has 1 rings (SSSR count). The summed E-state index contributed by atoms with van der Waals surface area (Å²) in [5, 5.41) is 9.92. The molecule has 3 nitrogen and oxygen atoms in total. The summed E-state index contributed by atoms with van der Waals surface area (Å²) in [7, 11) is 3.97. The molecule has 15 heavy (non-hydrogen) atoms. The van der Waals surface area contributed by atoms with E-state index < -0.39 is 6.10 Å². The summed E-state index contributed by atoms with van der Waals surface area (Å²) in [6, 6.07) is 3.37. The van der Waals surface area contributed by atoms with Crippen LogP contribution in [0.4, 0.5) is 0 Å². The second-order valence-electron chi connectivity index (χ2n) is 3.84. The maximum atomic E-state index is 9.92. The minimum Gasteiger partial charge on any atom is -0.386 e. The van der Waals surface area contributed by atoms with Gasteiger partial charge in [-0.25, -0.2) is 0 Å². The molecule has 0 aliphatic heterocycles. The molecule has 0 saturated carbocycles. The Bertz CT molecular complexity index is 303. The quantitative estimate of drug-likeness (QED) is 0.834. The van der Waals surface area contributed by atoms with Crippen molar-refractivity contribution < 1.29 is 5.11 Å². The van der Waals surface area contributed by atoms with Crippen molar-refractivity contribution in [3.8, 4) is 0 Å². The summed E-state index contributed by atoms with van der Waals surface area (Å²) in [6.07, 6.45) is 0.159. The Hall–Kier alpha value is -0.130. The van der Waals surface area contributed by atoms with E-state index in [1.807, 2.05) is 25.1 Å². The molecule has 1 heterocycles. The maximum Gasteiger partial charge on any atom is 0.103 e. The number of rotatable bonds is 5. The van der Waals surface area contributed by atoms with Crippen LogP contribution in [0.25, 0.3) is 0 Å². The van der Waals surface area contributed by atoms with Crippen molar-refractivity contribution in [2.24, 2.45) is 5.73 Å². The highest BCUT2D eigenvalue weighted by molar-refractivity contribution is 7.16. The molecular formula is C10H17ClN2OS. The Morgan fingerprint density at radius 3 is 2.67 bits per heavy atom. The van der Waals surface area contributed by atoms with Crippen molar-refractivity contribution >= 4 is 22.9 Å². The van der Waals surface area contributed by atoms with Crippen molar-refractivity contribution in [3.05, 3.63) is 21.3 Å². The predicted molar refractivity (Wildman–Crippen MR) is 65.4 cm³/mol. The number of hydrogen-bond donors (Lipinski definition) is 2. The molecule has 0 bridgehead atoms. The predicted octanol–water partition coefficient (Wildman–Crippen LogP) is 1.71. The topological polar surface area (TPSA) is 49.5 Å². The van der Waals surface area contributed by atoms with Gasteiger partial charge < -0.3 is 15.7 Å². The second kappa shape index (κ2) is 5.82. The van der Waals surface area contributed by atoms with Gasteiger partial charge in [-0.1, -0.05) is 11.6 Å². The molecular weight excluding hydrogens is 232 g/mol. The molecule has 2 atom stereocenters. The molecule has 0 aromatic carbocycles. The third kappa shape index (κ3) is 4.09. The largest absolute Gasteiger partial charge is 0.386 e. The summed E-state index contributed by atoms with van der Waals surface area (Å²) in [4.78, 5) is 2.89. The lowest BCUT2D eigenvalue weighted by Gasteiger charge is -2.19. The van der Waals surface area contributed by atoms with E-state index in [0.717, 1.165) is 17.8 Å². The van der Waals surface area contributed by atoms with Crippen LogP contribution in [0.1, 0.15) is 17.4 Å². The zero-order valence-electron chi connectivity index (χ0n) is 8.98. The Balaban J connectivity index is 2.49. The van der Waals surface area contributed by atoms with E-state index in [-0.39, 0.29) is 6.04 Å². The number of nitrogens with zero attached hydrogens (tertiary/aromatic N) is 1. The summed E-state index contributed by atoms with van der Waals surface area (Å²) in [5.41, 5.74) is 5.89. The molecule has 86 valence electrons. The molecule has 1 aromatic rings. The van der Waals surface area contributed by atoms with E-state index in [0.29, 0.717) is 4.34 Å². The SMILES string of the molecule is CN(C)CCC(N)C(O)c1ccc(Cl)s1. The lowest BCUT2D eigenvalue weighted by molar-refractivity contribution is 0.141. The van der Waals surface area contributed by atoms with Crippen LogP contribution in [0.15, 0.2) is 12.1 Å². The first kappa shape index (κ1) is 12.9. The van der Waals surface area contributed by atoms with Gasteiger partial charge in [-0.3, -0.25) is 0 Å². The lowest BCUT2D eigenvalue weighted by atomic mass is 10.1. The van der Waals surface area contributed by atoms with Crippen LogP contribution in [0.2, 0.25) is 4.34 Å². The van der Waals surface area contributed by atoms with Gasteiger partial charge in [0.2, 0.25) is 0 Å². The highest BCUT2D eigenvalue weighted by atomic mass is 35.5. The number of thiophene rings is 1. The number of nitrogens with two attached hydrogens (primary N) is 1. The first-order valence-corrected chi connectivity index (χ1v) is 6.03. The van der Waals surface area contributed by atoms with Crippen LogP contribution in [0.5, 0.6) is 0 Å². The fourth-order valence-corrected chi connectivity index (χ4v) is 2.39. The Labute approximate surface area is 99.5 Å². The van der Waals surface area contributed by atoms with Gasteiger partial charge in [0.1, 0.15) is 6.10 Å². The van der Waals surface area contributed by atoms with Crippen LogP contribution in [0.3, 0.4) is 0 Å². The van der Waals surface area contributed by atoms with Crippen molar-refractivity contribution in [2.75, 3.05) is 20.6 Å². The molecule has 3 N–H and O–H groups in total. The van der Waals surface area contributed by atoms with Crippen molar-refractivity contribution in [1.29, 1.82) is 0 Å². The van der Waals surface area contributed by atoms with E-state index in [1.54, 1.807) is 6.07 Å². The van der Waals surface area contributed by atoms with Gasteiger partial charge in [-0.15, -0.1) is 11.3 Å². The smallest absolute Gasteiger partial charge is 0.103 e. The van der Waals surface area contributed by atoms with E-state index in [9.17, 15) is 5.11 Å². The molecule has 1 aromatic heterocycles. The van der Waals surface area contributed by atoms with Gasteiger partial charge in [0, 0.05) is 10.9 Å². The molecule has 5 heteroatoms. The highest BCUT2D eigenvalue weighted by Gasteiger charge is 2.18. The zero-order valence-corrected chi connectivity index (χ0v) is 10.6. The monoisotopic (exact) mass is 248 g/mol. The number of aliphatic hydroxyl groups is 1. The van der Waals surface area contributed by atoms with Gasteiger partial charge in [0.05, 0.1) is 4.34 Å². The molecule has 0 radical (unpaired) electrons. The first-order valence-electron chi connectivity index (χ1n) is 4.84. The van der Waals surface area contributed by atoms with Crippen LogP contribution in [0, 0.1) is 0 Å². The van der Waals surface area contributed by atoms with Crippen molar-refractivity contribution in [3.63, 3.8) is 0 Å². The van der Waals surface area contributed by atoms with Gasteiger partial charge >= 0.3 is 0 Å². The summed E-state index contributed by atoms with van der Waals surface area (Å²) in [5.74, 6) is 0. The minimum absolute atomic E-state index is 0.234. The average Bonchev–Trinajstić information content (AvgIpc) is 2.60. The van der Waals surface area contributed by atoms with E-state index in [4.69, 9.17) is 17.3 Å². The molecule has 2 unspecified atom stereocenters. The summed E-state index contributed by atoms with van der Waals surface area (Å²) >= 11 is 7.18. The number of hydrogen-bond acceptors (Lipinski definition) is 4. The fraction of sp³-hybridized carbons (Fsp3) is 0.600. The third-order valence-electron chi connectivity index (χ3n) is 2.20. The highest BCUT2D eigenvalue weighted by Crippen LogP contribution is 2.28. The van der Waals surface area contributed by atoms with Crippen LogP contribution in [-0.2, 0) is 0 Å². The maximum absolute atomic E-state index is 9.92. The lowest BCUT2D eigenvalue weighted by Crippen LogP contribution is -2.31. The Morgan fingerprint density at radius 2 is 2.20 bits per heavy atom. The molecule has 0 fully saturated rings. The summed E-state index contributed by atoms with van der Waals surface area (Å²) < 4.78 is 0.684. The van der Waals surface area contributed by atoms with Gasteiger partial charge in [0.15, 0.2) is 0 Å². The van der Waals surface area contributed by atoms with E-state index >= 15 is 0 Å². The molecule has 0 amide bonds. The third-order valence-corrected chi connectivity index (χ3v) is 3.50. The fourth-order valence-electron chi connectivity index (χ4n) is 1.26. The van der Waals surface area contributed by atoms with Gasteiger partial charge in [-0.05, 0) is 39.2 Å². The van der Waals surface area contributed by atoms with Crippen molar-refractivity contribution in [2.45, 2.75) is 18.6 Å². The van der Waals surface area contributed by atoms with E-state index in [2.05, 4.69) is 0 Å². The van der Waals surface area contributed by atoms with Gasteiger partial charge in [0.25, 0.3) is 0 Å². The number of halogens is 1. The van der Waals surface area contributed by atoms with Crippen LogP contribution in [-0.4, -0.2) is 36.7 Å². The minimum atomic E-state index is -0.609. The average molecular weight is 249 g/mol. The van der Waals surface area contributed by atoms with Crippen molar-refractivity contribution in [1.82, 2.24) is 4.90 Å². The van der Waals surface area contributed by atoms with Gasteiger partial charge in [-0.2, -0.15) is 0 Å². The molecule has 0 spiro atoms. The number of aliphatic hydroxyl groups excluding tert-OH is 1. The Kier molecular flexibility index (Phi) is 5.02. The molecule has 0 aliphatic carbocycles. The standard InChI is InChI=1S/C10H17ClN2OS/c1-13(2)6-5-7(12)10(14)8-3-4-9(11)15-8/h3-4,7,10,14H,5-6,12H2,1-2H3. The molecule has 0 aliphatic rings. The van der Waals surface area contributed by atoms with E-state index in [1.165, 1.54) is 11.3 Å². The summed E-state index contributed by atoms with van der Waals surface area (Å²) in [6.45, 7) is 0.872. The first-order chi connectivity index (χ1) is 7.00. The zero-order chi connectivity index (χ0) is 11.4. The second-order valence-corrected chi connectivity index (χ2v) is 5.59. The Morgan fingerprint density at radius 1 is 1.53 bits per heavy atom.